The molecule has 2 heterocycles. The van der Waals surface area contributed by atoms with Gasteiger partial charge in [-0.15, -0.1) is 0 Å². The summed E-state index contributed by atoms with van der Waals surface area (Å²) >= 11 is 0. The first-order valence-electron chi connectivity index (χ1n) is 46.9. The number of hydrogen-bond donors (Lipinski definition) is 0. The van der Waals surface area contributed by atoms with Crippen LogP contribution < -0.4 is 4.90 Å². The van der Waals surface area contributed by atoms with E-state index in [2.05, 4.69) is 324 Å². The predicted molar refractivity (Wildman–Crippen MR) is 515 cm³/mol. The summed E-state index contributed by atoms with van der Waals surface area (Å²) in [7, 11) is 0. The molecular weight excluding hydrogens is 1460 g/mol. The Hall–Kier alpha value is -10.7. The van der Waals surface area contributed by atoms with Crippen molar-refractivity contribution in [2.75, 3.05) is 4.90 Å². The fourth-order valence-electron chi connectivity index (χ4n) is 23.9. The molecule has 3 nitrogen and oxygen atoms in total. The molecule has 20 rings (SSSR count). The fourth-order valence-corrected chi connectivity index (χ4v) is 23.9. The molecule has 15 aromatic rings. The number of unbranched alkanes of at least 4 members (excludes halogenated alkanes) is 16. The van der Waals surface area contributed by atoms with Crippen LogP contribution in [0.2, 0.25) is 0 Å². The molecule has 0 N–H and O–H groups in total. The Morgan fingerprint density at radius 2 is 0.653 bits per heavy atom. The first kappa shape index (κ1) is 78.8. The number of para-hydroxylation sites is 3. The van der Waals surface area contributed by atoms with E-state index >= 15 is 0 Å². The third-order valence-corrected chi connectivity index (χ3v) is 30.4. The van der Waals surface area contributed by atoms with E-state index in [0.717, 1.165) is 48.0 Å². The smallest absolute Gasteiger partial charge is 0.143 e. The van der Waals surface area contributed by atoms with Crippen LogP contribution in [0.5, 0.6) is 0 Å². The van der Waals surface area contributed by atoms with E-state index in [4.69, 9.17) is 8.83 Å². The molecule has 0 amide bonds. The van der Waals surface area contributed by atoms with E-state index in [-0.39, 0.29) is 27.1 Å². The van der Waals surface area contributed by atoms with Crippen molar-refractivity contribution < 1.29 is 8.83 Å². The summed E-state index contributed by atoms with van der Waals surface area (Å²) in [5.74, 6) is 0. The molecule has 3 heteroatoms. The second kappa shape index (κ2) is 31.3. The van der Waals surface area contributed by atoms with Crippen molar-refractivity contribution in [3.05, 3.63) is 304 Å². The molecule has 5 aliphatic rings. The van der Waals surface area contributed by atoms with Gasteiger partial charge in [0.25, 0.3) is 0 Å². The summed E-state index contributed by atoms with van der Waals surface area (Å²) in [4.78, 5) is 2.61. The lowest BCUT2D eigenvalue weighted by Gasteiger charge is -2.35. The van der Waals surface area contributed by atoms with Gasteiger partial charge in [-0.05, 0) is 262 Å². The standard InChI is InChI=1S/C118H121NO2/c1-12-16-20-24-36-64-117(65-37-25-21-17-13-2)95-44-32-29-41-84(95)87-59-54-81(70-102(87)117)80-53-58-86-85-57-52-79(68-97(85)115(8,9)98(86)69-80)77-48-50-78(51-49-77)92-73-104-109(112-91-43-31-35-47-107(91)121-113(92)112)89-61-56-83(72-103(89)118(104,66-38-26-22-18-14-3)67-39-27-23-19-15-4)119(105-45-33-28-40-76(105)5)82-55-60-88-93-74-101-94(75-100(93)116(10,11)99(88)71-82)110-96(114(101,6)7)62-63-108-111(110)90-42-30-34-46-106(90)120-108/h28-35,40-63,68-75H,12-27,36-39,64-67H2,1-11H3. The molecular formula is C118H121NO2. The Morgan fingerprint density at radius 3 is 1.26 bits per heavy atom. The van der Waals surface area contributed by atoms with Crippen LogP contribution in [-0.4, -0.2) is 0 Å². The number of fused-ring (bicyclic) bond motifs is 23. The Balaban J connectivity index is 0.666. The zero-order valence-corrected chi connectivity index (χ0v) is 73.8. The number of hydrogen-bond acceptors (Lipinski definition) is 3. The Kier molecular flexibility index (Phi) is 20.4. The van der Waals surface area contributed by atoms with Gasteiger partial charge in [0.15, 0.2) is 0 Å². The molecule has 0 saturated heterocycles. The quantitative estimate of drug-likeness (QED) is 0.0420. The van der Waals surface area contributed by atoms with Crippen LogP contribution in [0, 0.1) is 6.92 Å². The summed E-state index contributed by atoms with van der Waals surface area (Å²) in [6, 6.07) is 95.5. The van der Waals surface area contributed by atoms with Gasteiger partial charge in [0.2, 0.25) is 0 Å². The van der Waals surface area contributed by atoms with Crippen LogP contribution in [0.3, 0.4) is 0 Å². The van der Waals surface area contributed by atoms with Crippen molar-refractivity contribution in [2.45, 2.75) is 257 Å². The minimum Gasteiger partial charge on any atom is -0.456 e. The van der Waals surface area contributed by atoms with Crippen LogP contribution in [0.25, 0.3) is 133 Å². The van der Waals surface area contributed by atoms with E-state index in [1.165, 1.54) is 306 Å². The maximum atomic E-state index is 7.38. The molecule has 610 valence electrons. The molecule has 0 atom stereocenters. The number of rotatable bonds is 30. The van der Waals surface area contributed by atoms with Gasteiger partial charge >= 0.3 is 0 Å². The maximum Gasteiger partial charge on any atom is 0.143 e. The monoisotopic (exact) mass is 1580 g/mol. The van der Waals surface area contributed by atoms with Gasteiger partial charge in [-0.1, -0.05) is 355 Å². The van der Waals surface area contributed by atoms with Crippen LogP contribution >= 0.6 is 0 Å². The second-order valence-corrected chi connectivity index (χ2v) is 38.7. The van der Waals surface area contributed by atoms with E-state index < -0.39 is 0 Å². The Labute approximate surface area is 720 Å². The van der Waals surface area contributed by atoms with E-state index in [1.807, 2.05) is 0 Å². The van der Waals surface area contributed by atoms with Crippen molar-refractivity contribution in [3.8, 4) is 89.0 Å². The average molecular weight is 1590 g/mol. The van der Waals surface area contributed by atoms with Crippen molar-refractivity contribution in [2.24, 2.45) is 0 Å². The summed E-state index contributed by atoms with van der Waals surface area (Å²) < 4.78 is 14.0. The highest BCUT2D eigenvalue weighted by molar-refractivity contribution is 6.19. The molecule has 13 aromatic carbocycles. The van der Waals surface area contributed by atoms with Crippen molar-refractivity contribution in [1.82, 2.24) is 0 Å². The van der Waals surface area contributed by atoms with Gasteiger partial charge in [-0.2, -0.15) is 0 Å². The van der Waals surface area contributed by atoms with Gasteiger partial charge in [-0.3, -0.25) is 0 Å². The summed E-state index contributed by atoms with van der Waals surface area (Å²) in [5, 5.41) is 4.85. The second-order valence-electron chi connectivity index (χ2n) is 38.7. The molecule has 0 spiro atoms. The van der Waals surface area contributed by atoms with Crippen molar-refractivity contribution in [1.29, 1.82) is 0 Å². The highest BCUT2D eigenvalue weighted by atomic mass is 16.3. The maximum absolute atomic E-state index is 7.38. The van der Waals surface area contributed by atoms with Crippen LogP contribution in [-0.2, 0) is 27.1 Å². The molecule has 0 bridgehead atoms. The summed E-state index contributed by atoms with van der Waals surface area (Å²) in [6.07, 6.45) is 29.9. The number of anilines is 3. The molecule has 0 unspecified atom stereocenters. The van der Waals surface area contributed by atoms with Crippen molar-refractivity contribution in [3.63, 3.8) is 0 Å². The highest BCUT2D eigenvalue weighted by Crippen LogP contribution is 2.64. The van der Waals surface area contributed by atoms with Gasteiger partial charge in [0, 0.05) is 71.2 Å². The molecule has 0 fully saturated rings. The first-order chi connectivity index (χ1) is 59.0. The normalized spacial score (nSPS) is 15.2. The molecule has 121 heavy (non-hydrogen) atoms. The fraction of sp³-hybridized carbons (Fsp3) is 0.339. The highest BCUT2D eigenvalue weighted by Gasteiger charge is 2.48. The zero-order valence-electron chi connectivity index (χ0n) is 73.8. The van der Waals surface area contributed by atoms with Crippen LogP contribution in [0.4, 0.5) is 17.1 Å². The first-order valence-corrected chi connectivity index (χ1v) is 46.9. The predicted octanol–water partition coefficient (Wildman–Crippen LogP) is 35.2. The third-order valence-electron chi connectivity index (χ3n) is 30.4. The van der Waals surface area contributed by atoms with E-state index in [0.29, 0.717) is 0 Å². The zero-order chi connectivity index (χ0) is 82.7. The van der Waals surface area contributed by atoms with Gasteiger partial charge in [0.05, 0.1) is 0 Å². The summed E-state index contributed by atoms with van der Waals surface area (Å²) in [5.41, 5.74) is 43.3. The lowest BCUT2D eigenvalue weighted by atomic mass is 9.70. The SMILES string of the molecule is CCCCCCCC1(CCCCCCC)c2ccccc2-c2ccc(-c3ccc4c(c3)C(C)(C)c3cc(-c5ccc(-c6cc7c(c8c6oc6ccccc68)-c6ccc(N(c8ccc9c(c8)C(C)(C)c8cc%10c(cc8-9)C(C)(C)c8ccc9oc%11ccccc%11c9c8-%10)c8ccccc8C)cc6C7(CCCCCCC)CCCCCCC)cc5)ccc3-4)cc21. The number of furan rings is 2. The summed E-state index contributed by atoms with van der Waals surface area (Å²) in [6.45, 7) is 26.4. The average Bonchev–Trinajstić information content (AvgIpc) is 1.54. The van der Waals surface area contributed by atoms with E-state index in [9.17, 15) is 0 Å². The lowest BCUT2D eigenvalue weighted by Crippen LogP contribution is -2.26. The lowest BCUT2D eigenvalue weighted by molar-refractivity contribution is 0.399. The van der Waals surface area contributed by atoms with Crippen molar-refractivity contribution >= 4 is 60.9 Å². The number of aryl methyl sites for hydroxylation is 1. The Bertz CT molecular complexity index is 6510. The Morgan fingerprint density at radius 1 is 0.256 bits per heavy atom. The van der Waals surface area contributed by atoms with E-state index in [1.54, 1.807) is 11.1 Å². The van der Waals surface area contributed by atoms with Crippen LogP contribution in [0.1, 0.15) is 285 Å². The molecule has 0 radical (unpaired) electrons. The number of benzene rings is 13. The van der Waals surface area contributed by atoms with Gasteiger partial charge < -0.3 is 13.7 Å². The van der Waals surface area contributed by atoms with Gasteiger partial charge in [0.1, 0.15) is 22.3 Å². The minimum absolute atomic E-state index is 0.0420. The largest absolute Gasteiger partial charge is 0.456 e. The van der Waals surface area contributed by atoms with Crippen LogP contribution in [0.15, 0.2) is 251 Å². The minimum atomic E-state index is -0.292. The molecule has 0 saturated carbocycles. The molecule has 2 aromatic heterocycles. The van der Waals surface area contributed by atoms with Gasteiger partial charge in [-0.25, -0.2) is 0 Å². The third kappa shape index (κ3) is 12.8. The molecule has 0 aliphatic heterocycles. The topological polar surface area (TPSA) is 29.5 Å². The molecule has 5 aliphatic carbocycles. The number of nitrogens with zero attached hydrogens (tertiary/aromatic N) is 1.